The van der Waals surface area contributed by atoms with Crippen molar-refractivity contribution in [2.75, 3.05) is 6.61 Å². The molecule has 0 amide bonds. The maximum atomic E-state index is 11.6. The van der Waals surface area contributed by atoms with Crippen molar-refractivity contribution in [3.63, 3.8) is 0 Å². The van der Waals surface area contributed by atoms with Crippen LogP contribution in [-0.2, 0) is 26.7 Å². The Hall–Kier alpha value is -1.85. The number of hydrogen-bond donors (Lipinski definition) is 0. The topological polar surface area (TPSA) is 52.6 Å². The van der Waals surface area contributed by atoms with Crippen LogP contribution in [0.2, 0.25) is 0 Å². The maximum Gasteiger partial charge on any atom is 0.271 e. The largest absolute Gasteiger partial charge is 0.489 e. The fraction of sp³-hybridized carbons (Fsp3) is 0.250. The summed E-state index contributed by atoms with van der Waals surface area (Å²) < 4.78 is 33.7. The molecule has 0 N–H and O–H groups in total. The minimum atomic E-state index is -3.52. The monoisotopic (exact) mass is 306 g/mol. The van der Waals surface area contributed by atoms with E-state index in [2.05, 4.69) is 0 Å². The molecule has 0 aliphatic heterocycles. The van der Waals surface area contributed by atoms with Gasteiger partial charge in [0, 0.05) is 0 Å². The molecule has 0 bridgehead atoms. The Morgan fingerprint density at radius 1 is 0.952 bits per heavy atom. The molecular weight excluding hydrogens is 288 g/mol. The predicted molar refractivity (Wildman–Crippen MR) is 81.5 cm³/mol. The van der Waals surface area contributed by atoms with Gasteiger partial charge in [0.05, 0.1) is 6.61 Å². The second kappa shape index (κ2) is 7.24. The Labute approximate surface area is 125 Å². The summed E-state index contributed by atoms with van der Waals surface area (Å²) in [4.78, 5) is 0. The molecule has 0 aliphatic rings. The molecule has 5 heteroatoms. The zero-order valence-corrected chi connectivity index (χ0v) is 12.7. The van der Waals surface area contributed by atoms with Crippen molar-refractivity contribution in [1.29, 1.82) is 0 Å². The van der Waals surface area contributed by atoms with Crippen LogP contribution in [-0.4, -0.2) is 15.0 Å². The number of hydrogen-bond acceptors (Lipinski definition) is 4. The van der Waals surface area contributed by atoms with Crippen LogP contribution < -0.4 is 4.74 Å². The SMILES string of the molecule is CCOS(=O)(=O)Cc1cccc(OCc2ccccc2)c1. The average molecular weight is 306 g/mol. The van der Waals surface area contributed by atoms with Gasteiger partial charge < -0.3 is 4.74 Å². The first-order chi connectivity index (χ1) is 10.1. The summed E-state index contributed by atoms with van der Waals surface area (Å²) in [5.74, 6) is 0.492. The van der Waals surface area contributed by atoms with Crippen molar-refractivity contribution >= 4 is 10.1 Å². The Morgan fingerprint density at radius 3 is 2.38 bits per heavy atom. The predicted octanol–water partition coefficient (Wildman–Crippen LogP) is 3.13. The van der Waals surface area contributed by atoms with Gasteiger partial charge in [-0.25, -0.2) is 0 Å². The van der Waals surface area contributed by atoms with Gasteiger partial charge in [-0.3, -0.25) is 4.18 Å². The van der Waals surface area contributed by atoms with E-state index in [-0.39, 0.29) is 12.4 Å². The van der Waals surface area contributed by atoms with E-state index in [4.69, 9.17) is 8.92 Å². The van der Waals surface area contributed by atoms with E-state index in [0.29, 0.717) is 17.9 Å². The van der Waals surface area contributed by atoms with Gasteiger partial charge in [-0.15, -0.1) is 0 Å². The summed E-state index contributed by atoms with van der Waals surface area (Å²) >= 11 is 0. The molecule has 21 heavy (non-hydrogen) atoms. The highest BCUT2D eigenvalue weighted by atomic mass is 32.2. The van der Waals surface area contributed by atoms with E-state index in [1.807, 2.05) is 30.3 Å². The molecule has 112 valence electrons. The molecular formula is C16H18O4S. The normalized spacial score (nSPS) is 11.3. The highest BCUT2D eigenvalue weighted by molar-refractivity contribution is 7.85. The number of benzene rings is 2. The Bertz CT molecular complexity index is 666. The fourth-order valence-electron chi connectivity index (χ4n) is 1.89. The van der Waals surface area contributed by atoms with Crippen molar-refractivity contribution in [2.24, 2.45) is 0 Å². The van der Waals surface area contributed by atoms with Crippen molar-refractivity contribution in [1.82, 2.24) is 0 Å². The van der Waals surface area contributed by atoms with E-state index in [1.165, 1.54) is 0 Å². The molecule has 4 nitrogen and oxygen atoms in total. The van der Waals surface area contributed by atoms with Crippen LogP contribution in [0.3, 0.4) is 0 Å². The molecule has 0 aliphatic carbocycles. The van der Waals surface area contributed by atoms with Crippen molar-refractivity contribution in [2.45, 2.75) is 19.3 Å². The highest BCUT2D eigenvalue weighted by Crippen LogP contribution is 2.17. The summed E-state index contributed by atoms with van der Waals surface area (Å²) in [7, 11) is -3.52. The second-order valence-corrected chi connectivity index (χ2v) is 6.17. The van der Waals surface area contributed by atoms with Crippen LogP contribution in [0.4, 0.5) is 0 Å². The van der Waals surface area contributed by atoms with Gasteiger partial charge in [0.15, 0.2) is 0 Å². The zero-order valence-electron chi connectivity index (χ0n) is 11.9. The van der Waals surface area contributed by atoms with Gasteiger partial charge in [0.2, 0.25) is 0 Å². The summed E-state index contributed by atoms with van der Waals surface area (Å²) in [6.07, 6.45) is 0. The van der Waals surface area contributed by atoms with Gasteiger partial charge in [-0.1, -0.05) is 42.5 Å². The standard InChI is InChI=1S/C16H18O4S/c1-2-20-21(17,18)13-15-9-6-10-16(11-15)19-12-14-7-4-3-5-8-14/h3-11H,2,12-13H2,1H3. The van der Waals surface area contributed by atoms with E-state index >= 15 is 0 Å². The molecule has 2 rings (SSSR count). The first-order valence-electron chi connectivity index (χ1n) is 6.72. The molecule has 0 heterocycles. The highest BCUT2D eigenvalue weighted by Gasteiger charge is 2.11. The molecule has 2 aromatic rings. The van der Waals surface area contributed by atoms with Crippen molar-refractivity contribution in [3.05, 3.63) is 65.7 Å². The summed E-state index contributed by atoms with van der Waals surface area (Å²) in [5.41, 5.74) is 1.71. The summed E-state index contributed by atoms with van der Waals surface area (Å²) in [6.45, 7) is 2.24. The van der Waals surface area contributed by atoms with E-state index < -0.39 is 10.1 Å². The molecule has 0 atom stereocenters. The van der Waals surface area contributed by atoms with Crippen LogP contribution in [0.15, 0.2) is 54.6 Å². The first-order valence-corrected chi connectivity index (χ1v) is 8.29. The van der Waals surface area contributed by atoms with Crippen molar-refractivity contribution < 1.29 is 17.3 Å². The van der Waals surface area contributed by atoms with Gasteiger partial charge >= 0.3 is 0 Å². The molecule has 0 spiro atoms. The summed E-state index contributed by atoms with van der Waals surface area (Å²) in [5, 5.41) is 0. The minimum Gasteiger partial charge on any atom is -0.489 e. The molecule has 0 saturated carbocycles. The van der Waals surface area contributed by atoms with Crippen LogP contribution in [0.1, 0.15) is 18.1 Å². The lowest BCUT2D eigenvalue weighted by atomic mass is 10.2. The van der Waals surface area contributed by atoms with Crippen LogP contribution in [0, 0.1) is 0 Å². The maximum absolute atomic E-state index is 11.6. The van der Waals surface area contributed by atoms with Gasteiger partial charge in [-0.05, 0) is 30.2 Å². The van der Waals surface area contributed by atoms with Crippen LogP contribution in [0.25, 0.3) is 0 Å². The third-order valence-electron chi connectivity index (χ3n) is 2.79. The van der Waals surface area contributed by atoms with Crippen LogP contribution in [0.5, 0.6) is 5.75 Å². The Balaban J connectivity index is 2.01. The summed E-state index contributed by atoms with van der Waals surface area (Å²) in [6, 6.07) is 16.8. The third kappa shape index (κ3) is 5.21. The van der Waals surface area contributed by atoms with E-state index in [1.54, 1.807) is 31.2 Å². The van der Waals surface area contributed by atoms with Crippen LogP contribution >= 0.6 is 0 Å². The molecule has 0 saturated heterocycles. The minimum absolute atomic E-state index is 0.145. The number of ether oxygens (including phenoxy) is 1. The van der Waals surface area contributed by atoms with E-state index in [9.17, 15) is 8.42 Å². The van der Waals surface area contributed by atoms with Gasteiger partial charge in [0.1, 0.15) is 18.1 Å². The fourth-order valence-corrected chi connectivity index (χ4v) is 2.92. The first kappa shape index (κ1) is 15.5. The molecule has 0 unspecified atom stereocenters. The third-order valence-corrected chi connectivity index (χ3v) is 4.07. The van der Waals surface area contributed by atoms with Gasteiger partial charge in [0.25, 0.3) is 10.1 Å². The van der Waals surface area contributed by atoms with Crippen molar-refractivity contribution in [3.8, 4) is 5.75 Å². The molecule has 0 fully saturated rings. The molecule has 2 aromatic carbocycles. The number of rotatable bonds is 7. The quantitative estimate of drug-likeness (QED) is 0.737. The Morgan fingerprint density at radius 2 is 1.67 bits per heavy atom. The lowest BCUT2D eigenvalue weighted by Crippen LogP contribution is -2.08. The van der Waals surface area contributed by atoms with Gasteiger partial charge in [-0.2, -0.15) is 8.42 Å². The second-order valence-electron chi connectivity index (χ2n) is 4.53. The smallest absolute Gasteiger partial charge is 0.271 e. The lowest BCUT2D eigenvalue weighted by molar-refractivity contribution is 0.306. The average Bonchev–Trinajstić information content (AvgIpc) is 2.46. The molecule has 0 aromatic heterocycles. The Kier molecular flexibility index (Phi) is 5.36. The van der Waals surface area contributed by atoms with E-state index in [0.717, 1.165) is 5.56 Å². The zero-order chi connectivity index (χ0) is 15.1. The molecule has 0 radical (unpaired) electrons. The lowest BCUT2D eigenvalue weighted by Gasteiger charge is -2.08.